The Morgan fingerprint density at radius 1 is 0.627 bits per heavy atom. The summed E-state index contributed by atoms with van der Waals surface area (Å²) in [7, 11) is 0. The first-order valence-corrected chi connectivity index (χ1v) is 16.6. The second-order valence-electron chi connectivity index (χ2n) is 12.8. The SMILES string of the molecule is CCOC(=O)C(C)CC1(CC2(CC(C)C(=O)OCC)c3ccccc3-c3nc(C#N)c(C#N)nc32)c2ccccc2-c2nc(C#N)c(C#N)nc21. The largest absolute Gasteiger partial charge is 0.466 e. The Balaban J connectivity index is 1.73. The third kappa shape index (κ3) is 5.43. The second kappa shape index (κ2) is 13.4. The van der Waals surface area contributed by atoms with E-state index in [0.29, 0.717) is 33.9 Å². The van der Waals surface area contributed by atoms with Gasteiger partial charge in [-0.3, -0.25) is 9.59 Å². The average Bonchev–Trinajstić information content (AvgIpc) is 3.55. The zero-order valence-electron chi connectivity index (χ0n) is 28.5. The Morgan fingerprint density at radius 3 is 1.33 bits per heavy atom. The van der Waals surface area contributed by atoms with Gasteiger partial charge >= 0.3 is 11.9 Å². The molecule has 12 heteroatoms. The highest BCUT2D eigenvalue weighted by Gasteiger charge is 2.57. The first-order valence-electron chi connectivity index (χ1n) is 16.6. The van der Waals surface area contributed by atoms with Crippen LogP contribution in [0.3, 0.4) is 0 Å². The minimum absolute atomic E-state index is 0.123. The van der Waals surface area contributed by atoms with E-state index in [-0.39, 0.29) is 55.3 Å². The van der Waals surface area contributed by atoms with Crippen LogP contribution in [0.1, 0.15) is 92.2 Å². The normalized spacial score (nSPS) is 18.7. The van der Waals surface area contributed by atoms with Crippen molar-refractivity contribution in [2.24, 2.45) is 11.8 Å². The lowest BCUT2D eigenvalue weighted by molar-refractivity contribution is -0.148. The summed E-state index contributed by atoms with van der Waals surface area (Å²) in [6.45, 7) is 7.33. The van der Waals surface area contributed by atoms with Gasteiger partial charge in [0.05, 0.1) is 47.8 Å². The minimum atomic E-state index is -1.18. The van der Waals surface area contributed by atoms with Crippen LogP contribution in [0.25, 0.3) is 22.5 Å². The van der Waals surface area contributed by atoms with Crippen molar-refractivity contribution < 1.29 is 19.1 Å². The molecule has 0 spiro atoms. The smallest absolute Gasteiger partial charge is 0.308 e. The standard InChI is InChI=1S/C39H32N8O4/c1-5-50-36(48)22(3)15-38(26-13-9-7-11-24(26)32-34(38)46-30(19-42)28(17-40)44-32)21-39(16-23(4)37(49)51-6-2)27-14-10-8-12-25(27)33-35(39)47-31(20-43)29(18-41)45-33/h7-14,22-23H,5-6,15-16,21H2,1-4H3. The third-order valence-corrected chi connectivity index (χ3v) is 9.81. The zero-order chi connectivity index (χ0) is 36.5. The van der Waals surface area contributed by atoms with Crippen molar-refractivity contribution in [1.82, 2.24) is 19.9 Å². The lowest BCUT2D eigenvalue weighted by atomic mass is 9.60. The Hall–Kier alpha value is -6.50. The van der Waals surface area contributed by atoms with Crippen molar-refractivity contribution in [3.8, 4) is 46.8 Å². The van der Waals surface area contributed by atoms with Crippen LogP contribution < -0.4 is 0 Å². The van der Waals surface area contributed by atoms with Crippen molar-refractivity contribution in [3.63, 3.8) is 0 Å². The summed E-state index contributed by atoms with van der Waals surface area (Å²) < 4.78 is 11.0. The van der Waals surface area contributed by atoms with Crippen LogP contribution in [0.5, 0.6) is 0 Å². The van der Waals surface area contributed by atoms with Crippen molar-refractivity contribution in [3.05, 3.63) is 93.8 Å². The van der Waals surface area contributed by atoms with Gasteiger partial charge in [-0.2, -0.15) is 21.0 Å². The quantitative estimate of drug-likeness (QED) is 0.190. The van der Waals surface area contributed by atoms with Crippen LogP contribution in [0.2, 0.25) is 0 Å². The number of nitrogens with zero attached hydrogens (tertiary/aromatic N) is 8. The van der Waals surface area contributed by atoms with E-state index < -0.39 is 34.6 Å². The highest BCUT2D eigenvalue weighted by Crippen LogP contribution is 2.61. The topological polar surface area (TPSA) is 199 Å². The number of carbonyl (C=O) groups excluding carboxylic acids is 2. The lowest BCUT2D eigenvalue weighted by Crippen LogP contribution is -2.42. The molecule has 2 aromatic carbocycles. The number of benzene rings is 2. The molecule has 12 nitrogen and oxygen atoms in total. The zero-order valence-corrected chi connectivity index (χ0v) is 28.5. The first kappa shape index (κ1) is 34.4. The van der Waals surface area contributed by atoms with Crippen LogP contribution in [-0.4, -0.2) is 45.1 Å². The molecule has 6 rings (SSSR count). The number of nitriles is 4. The van der Waals surface area contributed by atoms with Gasteiger partial charge in [0.25, 0.3) is 0 Å². The molecule has 0 fully saturated rings. The van der Waals surface area contributed by atoms with Crippen molar-refractivity contribution in [1.29, 1.82) is 21.0 Å². The van der Waals surface area contributed by atoms with E-state index in [0.717, 1.165) is 11.1 Å². The molecule has 2 aromatic heterocycles. The molecule has 0 saturated heterocycles. The van der Waals surface area contributed by atoms with E-state index >= 15 is 0 Å². The van der Waals surface area contributed by atoms with Crippen molar-refractivity contribution >= 4 is 11.9 Å². The maximum Gasteiger partial charge on any atom is 0.308 e. The Kier molecular flexibility index (Phi) is 9.05. The number of ether oxygens (including phenoxy) is 2. The van der Waals surface area contributed by atoms with Crippen molar-refractivity contribution in [2.45, 2.75) is 57.8 Å². The van der Waals surface area contributed by atoms with Gasteiger partial charge in [0.15, 0.2) is 22.8 Å². The van der Waals surface area contributed by atoms with E-state index in [9.17, 15) is 30.6 Å². The molecule has 51 heavy (non-hydrogen) atoms. The molecule has 2 aliphatic rings. The molecule has 0 radical (unpaired) electrons. The molecule has 0 bridgehead atoms. The molecule has 0 N–H and O–H groups in total. The van der Waals surface area contributed by atoms with Crippen LogP contribution in [0, 0.1) is 57.2 Å². The van der Waals surface area contributed by atoms with Crippen LogP contribution >= 0.6 is 0 Å². The number of rotatable bonds is 10. The van der Waals surface area contributed by atoms with Gasteiger partial charge in [0, 0.05) is 22.0 Å². The van der Waals surface area contributed by atoms with E-state index in [1.165, 1.54) is 0 Å². The molecule has 4 aromatic rings. The molecule has 0 saturated carbocycles. The molecule has 2 aliphatic carbocycles. The Labute approximate surface area is 295 Å². The lowest BCUT2D eigenvalue weighted by Gasteiger charge is -2.42. The van der Waals surface area contributed by atoms with E-state index in [1.54, 1.807) is 27.7 Å². The van der Waals surface area contributed by atoms with Gasteiger partial charge < -0.3 is 9.47 Å². The predicted molar refractivity (Wildman–Crippen MR) is 181 cm³/mol. The summed E-state index contributed by atoms with van der Waals surface area (Å²) in [5, 5.41) is 40.2. The van der Waals surface area contributed by atoms with Crippen LogP contribution in [0.15, 0.2) is 48.5 Å². The van der Waals surface area contributed by atoms with E-state index in [2.05, 4.69) is 9.97 Å². The summed E-state index contributed by atoms with van der Waals surface area (Å²) in [6.07, 6.45) is 0.407. The van der Waals surface area contributed by atoms with E-state index in [4.69, 9.17) is 19.4 Å². The van der Waals surface area contributed by atoms with Gasteiger partial charge in [0.2, 0.25) is 0 Å². The molecule has 0 amide bonds. The number of fused-ring (bicyclic) bond motifs is 6. The maximum absolute atomic E-state index is 13.4. The highest BCUT2D eigenvalue weighted by atomic mass is 16.5. The Morgan fingerprint density at radius 2 is 0.980 bits per heavy atom. The molecular weight excluding hydrogens is 644 g/mol. The van der Waals surface area contributed by atoms with E-state index in [1.807, 2.05) is 72.8 Å². The van der Waals surface area contributed by atoms with Crippen molar-refractivity contribution in [2.75, 3.05) is 13.2 Å². The van der Waals surface area contributed by atoms with Crippen LogP contribution in [-0.2, 0) is 29.9 Å². The predicted octanol–water partition coefficient (Wildman–Crippen LogP) is 5.56. The number of esters is 2. The Bertz CT molecular complexity index is 2120. The average molecular weight is 677 g/mol. The molecule has 2 heterocycles. The number of aromatic nitrogens is 4. The highest BCUT2D eigenvalue weighted by molar-refractivity contribution is 5.82. The maximum atomic E-state index is 13.4. The minimum Gasteiger partial charge on any atom is -0.466 e. The fraction of sp³-hybridized carbons (Fsp3) is 0.333. The van der Waals surface area contributed by atoms with Gasteiger partial charge in [-0.25, -0.2) is 19.9 Å². The molecule has 0 aliphatic heterocycles. The third-order valence-electron chi connectivity index (χ3n) is 9.81. The number of hydrogen-bond donors (Lipinski definition) is 0. The number of hydrogen-bond acceptors (Lipinski definition) is 12. The first-order chi connectivity index (χ1) is 24.6. The number of carbonyl (C=O) groups is 2. The fourth-order valence-electron chi connectivity index (χ4n) is 7.91. The molecule has 4 unspecified atom stereocenters. The monoisotopic (exact) mass is 676 g/mol. The van der Waals surface area contributed by atoms with Gasteiger partial charge in [0.1, 0.15) is 24.3 Å². The van der Waals surface area contributed by atoms with Gasteiger partial charge in [-0.15, -0.1) is 0 Å². The molecule has 252 valence electrons. The summed E-state index contributed by atoms with van der Waals surface area (Å²) >= 11 is 0. The fourth-order valence-corrected chi connectivity index (χ4v) is 7.91. The summed E-state index contributed by atoms with van der Waals surface area (Å²) in [5.41, 5.74) is 1.52. The van der Waals surface area contributed by atoms with Gasteiger partial charge in [-0.05, 0) is 44.2 Å². The summed E-state index contributed by atoms with van der Waals surface area (Å²) in [6, 6.07) is 23.0. The summed E-state index contributed by atoms with van der Waals surface area (Å²) in [5.74, 6) is -2.25. The van der Waals surface area contributed by atoms with Crippen LogP contribution in [0.4, 0.5) is 0 Å². The molecular formula is C39H32N8O4. The summed E-state index contributed by atoms with van der Waals surface area (Å²) in [4.78, 5) is 45.9. The molecule has 4 atom stereocenters. The van der Waals surface area contributed by atoms with Gasteiger partial charge in [-0.1, -0.05) is 62.4 Å². The second-order valence-corrected chi connectivity index (χ2v) is 12.8.